The van der Waals surface area contributed by atoms with Gasteiger partial charge in [-0.15, -0.1) is 0 Å². The summed E-state index contributed by atoms with van der Waals surface area (Å²) < 4.78 is 0. The van der Waals surface area contributed by atoms with E-state index in [1.807, 2.05) is 0 Å². The van der Waals surface area contributed by atoms with Crippen molar-refractivity contribution in [2.75, 3.05) is 0 Å². The van der Waals surface area contributed by atoms with Gasteiger partial charge in [-0.1, -0.05) is 6.92 Å². The molecule has 0 heterocycles. The summed E-state index contributed by atoms with van der Waals surface area (Å²) >= 11 is 0. The molecule has 70 valence electrons. The molecule has 0 aliphatic heterocycles. The van der Waals surface area contributed by atoms with Gasteiger partial charge in [0.25, 0.3) is 0 Å². The van der Waals surface area contributed by atoms with Crippen LogP contribution in [0.2, 0.25) is 0 Å². The number of rotatable bonds is 0. The molecule has 1 fully saturated rings. The maximum absolute atomic E-state index is 11.6. The molecule has 2 nitrogen and oxygen atoms in total. The van der Waals surface area contributed by atoms with E-state index in [0.717, 1.165) is 24.8 Å². The molecular weight excluding hydrogens is 164 g/mol. The summed E-state index contributed by atoms with van der Waals surface area (Å²) in [6, 6.07) is 0. The second-order valence-electron chi connectivity index (χ2n) is 4.36. The highest BCUT2D eigenvalue weighted by atomic mass is 16.1. The predicted molar refractivity (Wildman–Crippen MR) is 49.3 cm³/mol. The molecule has 1 saturated carbocycles. The molecule has 0 aromatic carbocycles. The third-order valence-electron chi connectivity index (χ3n) is 3.31. The lowest BCUT2D eigenvalue weighted by atomic mass is 9.65. The molecule has 0 aromatic heterocycles. The summed E-state index contributed by atoms with van der Waals surface area (Å²) in [4.78, 5) is 22.7. The normalized spacial score (nSPS) is 34.1. The Bertz CT molecular complexity index is 301. The van der Waals surface area contributed by atoms with E-state index in [2.05, 4.69) is 6.92 Å². The van der Waals surface area contributed by atoms with E-state index in [9.17, 15) is 9.59 Å². The van der Waals surface area contributed by atoms with Crippen LogP contribution < -0.4 is 0 Å². The minimum Gasteiger partial charge on any atom is -0.295 e. The second kappa shape index (κ2) is 2.79. The summed E-state index contributed by atoms with van der Waals surface area (Å²) in [6.07, 6.45) is 5.76. The van der Waals surface area contributed by atoms with Gasteiger partial charge in [-0.3, -0.25) is 9.59 Å². The zero-order chi connectivity index (χ0) is 9.47. The maximum atomic E-state index is 11.6. The van der Waals surface area contributed by atoms with Crippen LogP contribution in [0.3, 0.4) is 0 Å². The van der Waals surface area contributed by atoms with E-state index in [0.29, 0.717) is 12.8 Å². The summed E-state index contributed by atoms with van der Waals surface area (Å²) in [7, 11) is 0. The van der Waals surface area contributed by atoms with Gasteiger partial charge in [-0.05, 0) is 30.8 Å². The number of fused-ring (bicyclic) bond motifs is 1. The van der Waals surface area contributed by atoms with Crippen LogP contribution >= 0.6 is 0 Å². The largest absolute Gasteiger partial charge is 0.295 e. The molecule has 2 heteroatoms. The predicted octanol–water partition coefficient (Wildman–Crippen LogP) is 2.04. The van der Waals surface area contributed by atoms with Crippen molar-refractivity contribution in [1.29, 1.82) is 0 Å². The van der Waals surface area contributed by atoms with Crippen molar-refractivity contribution in [3.63, 3.8) is 0 Å². The SMILES string of the molecule is C[C@@]12CCCC(=O)C1=CC(=O)CC2. The first-order valence-electron chi connectivity index (χ1n) is 4.90. The Labute approximate surface area is 78.0 Å². The van der Waals surface area contributed by atoms with Gasteiger partial charge in [0.2, 0.25) is 0 Å². The van der Waals surface area contributed by atoms with E-state index in [4.69, 9.17) is 0 Å². The fraction of sp³-hybridized carbons (Fsp3) is 0.636. The standard InChI is InChI=1S/C11H14O2/c1-11-5-2-3-10(13)9(11)7-8(12)4-6-11/h7H,2-6H2,1H3/t11-/m0/s1. The Morgan fingerprint density at radius 3 is 2.77 bits per heavy atom. The van der Waals surface area contributed by atoms with Gasteiger partial charge >= 0.3 is 0 Å². The molecule has 0 saturated heterocycles. The minimum absolute atomic E-state index is 0.0171. The first kappa shape index (κ1) is 8.67. The fourth-order valence-corrected chi connectivity index (χ4v) is 2.39. The van der Waals surface area contributed by atoms with Crippen LogP contribution in [0, 0.1) is 5.41 Å². The molecule has 1 atom stereocenters. The van der Waals surface area contributed by atoms with Crippen molar-refractivity contribution in [1.82, 2.24) is 0 Å². The molecule has 2 aliphatic carbocycles. The first-order chi connectivity index (χ1) is 6.12. The van der Waals surface area contributed by atoms with E-state index in [1.165, 1.54) is 0 Å². The van der Waals surface area contributed by atoms with Gasteiger partial charge in [0.05, 0.1) is 0 Å². The topological polar surface area (TPSA) is 34.1 Å². The third kappa shape index (κ3) is 1.34. The smallest absolute Gasteiger partial charge is 0.159 e. The van der Waals surface area contributed by atoms with Crippen molar-refractivity contribution in [2.45, 2.75) is 39.0 Å². The average Bonchev–Trinajstić information content (AvgIpc) is 2.08. The van der Waals surface area contributed by atoms with Crippen molar-refractivity contribution >= 4 is 11.6 Å². The number of Topliss-reactive ketones (excluding diaryl/α,β-unsaturated/α-hetero) is 1. The highest BCUT2D eigenvalue weighted by Gasteiger charge is 2.39. The zero-order valence-corrected chi connectivity index (χ0v) is 7.93. The van der Waals surface area contributed by atoms with Crippen LogP contribution in [0.1, 0.15) is 39.0 Å². The van der Waals surface area contributed by atoms with E-state index < -0.39 is 0 Å². The summed E-state index contributed by atoms with van der Waals surface area (Å²) in [5.74, 6) is 0.324. The average molecular weight is 178 g/mol. The molecule has 0 aromatic rings. The van der Waals surface area contributed by atoms with Gasteiger partial charge in [-0.2, -0.15) is 0 Å². The molecule has 0 bridgehead atoms. The Balaban J connectivity index is 2.40. The molecule has 0 spiro atoms. The molecule has 13 heavy (non-hydrogen) atoms. The lowest BCUT2D eigenvalue weighted by molar-refractivity contribution is -0.121. The molecule has 0 amide bonds. The molecular formula is C11H14O2. The van der Waals surface area contributed by atoms with Crippen LogP contribution in [0.25, 0.3) is 0 Å². The molecule has 2 aliphatic rings. The molecule has 0 radical (unpaired) electrons. The Kier molecular flexibility index (Phi) is 1.86. The van der Waals surface area contributed by atoms with E-state index in [1.54, 1.807) is 6.08 Å². The van der Waals surface area contributed by atoms with E-state index >= 15 is 0 Å². The van der Waals surface area contributed by atoms with Crippen molar-refractivity contribution < 1.29 is 9.59 Å². The fourth-order valence-electron chi connectivity index (χ4n) is 2.39. The van der Waals surface area contributed by atoms with Crippen LogP contribution in [-0.4, -0.2) is 11.6 Å². The van der Waals surface area contributed by atoms with Gasteiger partial charge in [0.1, 0.15) is 0 Å². The van der Waals surface area contributed by atoms with Crippen molar-refractivity contribution in [2.24, 2.45) is 5.41 Å². The second-order valence-corrected chi connectivity index (χ2v) is 4.36. The van der Waals surface area contributed by atoms with Crippen LogP contribution in [0.15, 0.2) is 11.6 Å². The lowest BCUT2D eigenvalue weighted by Crippen LogP contribution is -2.33. The number of hydrogen-bond acceptors (Lipinski definition) is 2. The molecule has 2 rings (SSSR count). The zero-order valence-electron chi connectivity index (χ0n) is 7.93. The summed E-state index contributed by atoms with van der Waals surface area (Å²) in [5, 5.41) is 0. The quantitative estimate of drug-likeness (QED) is 0.568. The number of allylic oxidation sites excluding steroid dienone is 2. The number of hydrogen-bond donors (Lipinski definition) is 0. The molecule has 0 unspecified atom stereocenters. The van der Waals surface area contributed by atoms with Crippen LogP contribution in [0.4, 0.5) is 0 Å². The molecule has 0 N–H and O–H groups in total. The Morgan fingerprint density at radius 2 is 2.00 bits per heavy atom. The van der Waals surface area contributed by atoms with Gasteiger partial charge in [0, 0.05) is 18.4 Å². The maximum Gasteiger partial charge on any atom is 0.159 e. The van der Waals surface area contributed by atoms with Crippen LogP contribution in [0.5, 0.6) is 0 Å². The van der Waals surface area contributed by atoms with Gasteiger partial charge in [-0.25, -0.2) is 0 Å². The number of ketones is 2. The number of carbonyl (C=O) groups is 2. The van der Waals surface area contributed by atoms with Crippen molar-refractivity contribution in [3.8, 4) is 0 Å². The highest BCUT2D eigenvalue weighted by molar-refractivity contribution is 6.05. The van der Waals surface area contributed by atoms with Crippen molar-refractivity contribution in [3.05, 3.63) is 11.6 Å². The number of carbonyl (C=O) groups excluding carboxylic acids is 2. The summed E-state index contributed by atoms with van der Waals surface area (Å²) in [6.45, 7) is 2.11. The van der Waals surface area contributed by atoms with Gasteiger partial charge < -0.3 is 0 Å². The first-order valence-corrected chi connectivity index (χ1v) is 4.90. The monoisotopic (exact) mass is 178 g/mol. The third-order valence-corrected chi connectivity index (χ3v) is 3.31. The highest BCUT2D eigenvalue weighted by Crippen LogP contribution is 2.44. The van der Waals surface area contributed by atoms with Crippen LogP contribution in [-0.2, 0) is 9.59 Å². The minimum atomic E-state index is 0.0171. The lowest BCUT2D eigenvalue weighted by Gasteiger charge is -2.37. The summed E-state index contributed by atoms with van der Waals surface area (Å²) in [5.41, 5.74) is 0.818. The Morgan fingerprint density at radius 1 is 1.23 bits per heavy atom. The van der Waals surface area contributed by atoms with Gasteiger partial charge in [0.15, 0.2) is 11.6 Å². The van der Waals surface area contributed by atoms with E-state index in [-0.39, 0.29) is 17.0 Å². The Hall–Kier alpha value is -0.920.